The first-order chi connectivity index (χ1) is 8.36. The van der Waals surface area contributed by atoms with Crippen molar-refractivity contribution in [3.8, 4) is 5.75 Å². The van der Waals surface area contributed by atoms with Crippen molar-refractivity contribution < 1.29 is 23.5 Å². The maximum Gasteiger partial charge on any atom is 0.319 e. The summed E-state index contributed by atoms with van der Waals surface area (Å²) >= 11 is 0. The van der Waals surface area contributed by atoms with Gasteiger partial charge in [0.05, 0.1) is 19.8 Å². The van der Waals surface area contributed by atoms with Crippen LogP contribution in [0, 0.1) is 11.2 Å². The van der Waals surface area contributed by atoms with Crippen molar-refractivity contribution in [2.45, 2.75) is 13.8 Å². The quantitative estimate of drug-likeness (QED) is 0.469. The van der Waals surface area contributed by atoms with E-state index in [4.69, 9.17) is 4.74 Å². The number of ketones is 1. The Kier molecular flexibility index (Phi) is 4.06. The van der Waals surface area contributed by atoms with E-state index in [0.29, 0.717) is 0 Å². The van der Waals surface area contributed by atoms with Crippen LogP contribution in [0.25, 0.3) is 0 Å². The molecule has 5 heteroatoms. The highest BCUT2D eigenvalue weighted by Gasteiger charge is 2.39. The Balaban J connectivity index is 3.23. The zero-order chi connectivity index (χ0) is 13.9. The summed E-state index contributed by atoms with van der Waals surface area (Å²) in [6.07, 6.45) is 0. The standard InChI is InChI=1S/C13H15FO4/c1-13(2,12(16)18-4)11(15)8-6-5-7-9(17-3)10(8)14/h5-7H,1-4H3. The molecule has 98 valence electrons. The SMILES string of the molecule is COC(=O)C(C)(C)C(=O)c1cccc(OC)c1F. The van der Waals surface area contributed by atoms with Crippen molar-refractivity contribution in [3.05, 3.63) is 29.6 Å². The first-order valence-corrected chi connectivity index (χ1v) is 5.32. The van der Waals surface area contributed by atoms with Gasteiger partial charge in [0.1, 0.15) is 5.41 Å². The zero-order valence-electron chi connectivity index (χ0n) is 10.7. The fourth-order valence-corrected chi connectivity index (χ4v) is 1.53. The summed E-state index contributed by atoms with van der Waals surface area (Å²) in [5, 5.41) is 0. The molecule has 0 radical (unpaired) electrons. The van der Waals surface area contributed by atoms with Crippen LogP contribution in [0.1, 0.15) is 24.2 Å². The molecule has 0 saturated carbocycles. The third-order valence-electron chi connectivity index (χ3n) is 2.69. The van der Waals surface area contributed by atoms with E-state index in [1.54, 1.807) is 0 Å². The van der Waals surface area contributed by atoms with Crippen molar-refractivity contribution in [2.75, 3.05) is 14.2 Å². The first-order valence-electron chi connectivity index (χ1n) is 5.32. The van der Waals surface area contributed by atoms with Crippen LogP contribution in [0.3, 0.4) is 0 Å². The van der Waals surface area contributed by atoms with Crippen LogP contribution in [-0.4, -0.2) is 26.0 Å². The number of ether oxygens (including phenoxy) is 2. The molecule has 0 saturated heterocycles. The van der Waals surface area contributed by atoms with E-state index in [1.807, 2.05) is 0 Å². The highest BCUT2D eigenvalue weighted by Crippen LogP contribution is 2.28. The van der Waals surface area contributed by atoms with Crippen LogP contribution in [0.4, 0.5) is 4.39 Å². The van der Waals surface area contributed by atoms with Crippen LogP contribution in [0.2, 0.25) is 0 Å². The maximum atomic E-state index is 13.9. The van der Waals surface area contributed by atoms with Gasteiger partial charge in [-0.1, -0.05) is 6.07 Å². The minimum Gasteiger partial charge on any atom is -0.494 e. The average molecular weight is 254 g/mol. The molecule has 0 atom stereocenters. The topological polar surface area (TPSA) is 52.6 Å². The lowest BCUT2D eigenvalue weighted by Crippen LogP contribution is -2.35. The number of methoxy groups -OCH3 is 2. The normalized spacial score (nSPS) is 10.9. The van der Waals surface area contributed by atoms with Crippen LogP contribution in [0.5, 0.6) is 5.75 Å². The van der Waals surface area contributed by atoms with E-state index in [2.05, 4.69) is 4.74 Å². The van der Waals surface area contributed by atoms with Gasteiger partial charge in [0.15, 0.2) is 17.3 Å². The molecule has 0 N–H and O–H groups in total. The maximum absolute atomic E-state index is 13.9. The van der Waals surface area contributed by atoms with Crippen molar-refractivity contribution in [1.29, 1.82) is 0 Å². The van der Waals surface area contributed by atoms with Crippen LogP contribution >= 0.6 is 0 Å². The van der Waals surface area contributed by atoms with E-state index >= 15 is 0 Å². The summed E-state index contributed by atoms with van der Waals surface area (Å²) in [5.74, 6) is -2.18. The molecule has 0 heterocycles. The van der Waals surface area contributed by atoms with Gasteiger partial charge in [-0.05, 0) is 26.0 Å². The van der Waals surface area contributed by atoms with Gasteiger partial charge >= 0.3 is 5.97 Å². The Morgan fingerprint density at radius 2 is 1.83 bits per heavy atom. The molecular weight excluding hydrogens is 239 g/mol. The molecule has 1 aromatic carbocycles. The highest BCUT2D eigenvalue weighted by atomic mass is 19.1. The van der Waals surface area contributed by atoms with Gasteiger partial charge < -0.3 is 9.47 Å². The Labute approximate surface area is 105 Å². The number of esters is 1. The Hall–Kier alpha value is -1.91. The lowest BCUT2D eigenvalue weighted by atomic mass is 9.84. The van der Waals surface area contributed by atoms with Crippen molar-refractivity contribution >= 4 is 11.8 Å². The fraction of sp³-hybridized carbons (Fsp3) is 0.385. The van der Waals surface area contributed by atoms with Gasteiger partial charge in [0.25, 0.3) is 0 Å². The van der Waals surface area contributed by atoms with E-state index in [0.717, 1.165) is 0 Å². The number of benzene rings is 1. The van der Waals surface area contributed by atoms with Crippen molar-refractivity contribution in [2.24, 2.45) is 5.41 Å². The van der Waals surface area contributed by atoms with Crippen LogP contribution in [-0.2, 0) is 9.53 Å². The second kappa shape index (κ2) is 5.16. The molecule has 0 bridgehead atoms. The van der Waals surface area contributed by atoms with E-state index in [-0.39, 0.29) is 11.3 Å². The van der Waals surface area contributed by atoms with E-state index < -0.39 is 23.0 Å². The largest absolute Gasteiger partial charge is 0.494 e. The average Bonchev–Trinajstić information content (AvgIpc) is 2.37. The molecule has 0 amide bonds. The minimum absolute atomic E-state index is 0.0403. The number of hydrogen-bond donors (Lipinski definition) is 0. The number of rotatable bonds is 4. The highest BCUT2D eigenvalue weighted by molar-refractivity contribution is 6.12. The van der Waals surface area contributed by atoms with Gasteiger partial charge in [0, 0.05) is 0 Å². The monoisotopic (exact) mass is 254 g/mol. The van der Waals surface area contributed by atoms with Gasteiger partial charge in [-0.15, -0.1) is 0 Å². The summed E-state index contributed by atoms with van der Waals surface area (Å²) in [7, 11) is 2.48. The summed E-state index contributed by atoms with van der Waals surface area (Å²) < 4.78 is 23.3. The molecule has 0 unspecified atom stereocenters. The molecule has 0 aliphatic rings. The number of carbonyl (C=O) groups excluding carboxylic acids is 2. The van der Waals surface area contributed by atoms with Crippen molar-refractivity contribution in [1.82, 2.24) is 0 Å². The zero-order valence-corrected chi connectivity index (χ0v) is 10.7. The van der Waals surface area contributed by atoms with E-state index in [9.17, 15) is 14.0 Å². The third-order valence-corrected chi connectivity index (χ3v) is 2.69. The number of hydrogen-bond acceptors (Lipinski definition) is 4. The summed E-state index contributed by atoms with van der Waals surface area (Å²) in [5.41, 5.74) is -1.63. The second-order valence-corrected chi connectivity index (χ2v) is 4.27. The molecule has 1 aromatic rings. The number of carbonyl (C=O) groups is 2. The molecule has 1 rings (SSSR count). The molecule has 0 aromatic heterocycles. The Morgan fingerprint density at radius 1 is 1.22 bits per heavy atom. The van der Waals surface area contributed by atoms with Crippen LogP contribution in [0.15, 0.2) is 18.2 Å². The third kappa shape index (κ3) is 2.34. The minimum atomic E-state index is -1.44. The molecule has 0 spiro atoms. The lowest BCUT2D eigenvalue weighted by Gasteiger charge is -2.20. The molecule has 0 aliphatic heterocycles. The molecule has 0 aliphatic carbocycles. The van der Waals surface area contributed by atoms with Gasteiger partial charge in [-0.3, -0.25) is 9.59 Å². The predicted molar refractivity (Wildman–Crippen MR) is 63.1 cm³/mol. The summed E-state index contributed by atoms with van der Waals surface area (Å²) in [6.45, 7) is 2.78. The smallest absolute Gasteiger partial charge is 0.319 e. The molecular formula is C13H15FO4. The van der Waals surface area contributed by atoms with Gasteiger partial charge in [-0.2, -0.15) is 0 Å². The molecule has 4 nitrogen and oxygen atoms in total. The van der Waals surface area contributed by atoms with Gasteiger partial charge in [-0.25, -0.2) is 4.39 Å². The van der Waals surface area contributed by atoms with E-state index in [1.165, 1.54) is 46.3 Å². The van der Waals surface area contributed by atoms with Crippen LogP contribution < -0.4 is 4.74 Å². The Morgan fingerprint density at radius 3 is 2.33 bits per heavy atom. The second-order valence-electron chi connectivity index (χ2n) is 4.27. The predicted octanol–water partition coefficient (Wildman–Crippen LogP) is 2.22. The summed E-state index contributed by atoms with van der Waals surface area (Å²) in [4.78, 5) is 23.7. The summed E-state index contributed by atoms with van der Waals surface area (Å²) in [6, 6.07) is 4.20. The Bertz CT molecular complexity index is 480. The molecule has 18 heavy (non-hydrogen) atoms. The lowest BCUT2D eigenvalue weighted by molar-refractivity contribution is -0.147. The number of halogens is 1. The fourth-order valence-electron chi connectivity index (χ4n) is 1.53. The first kappa shape index (κ1) is 14.2. The number of Topliss-reactive ketones (excluding diaryl/α,β-unsaturated/α-hetero) is 1. The van der Waals surface area contributed by atoms with Gasteiger partial charge in [0.2, 0.25) is 0 Å². The molecule has 0 fully saturated rings. The van der Waals surface area contributed by atoms with Crippen molar-refractivity contribution in [3.63, 3.8) is 0 Å².